The molecule has 4 heterocycles. The Labute approximate surface area is 167 Å². The van der Waals surface area contributed by atoms with Crippen LogP contribution >= 0.6 is 0 Å². The minimum Gasteiger partial charge on any atom is -0.381 e. The average molecular weight is 400 g/mol. The van der Waals surface area contributed by atoms with Gasteiger partial charge in [0.05, 0.1) is 5.69 Å². The molecule has 0 saturated carbocycles. The Bertz CT molecular complexity index is 1030. The number of aromatic nitrogens is 2. The number of alkyl halides is 3. The molecule has 1 unspecified atom stereocenters. The quantitative estimate of drug-likeness (QED) is 0.628. The molecule has 3 aromatic rings. The standard InChI is InChI=1S/C22H23F3N4/c1-29-18-3-4-19(29)10-16(9-18)27-17-7-15(11-26-12-17)13-2-5-20-14(6-13)8-21(28-20)22(23,24)25/h2,5-8,11-12,16,18-19,27-28H,3-4,9-10H2,1H3/t16?,18-,19+. The van der Waals surface area contributed by atoms with E-state index in [9.17, 15) is 13.2 Å². The van der Waals surface area contributed by atoms with Gasteiger partial charge in [0, 0.05) is 47.0 Å². The molecule has 4 nitrogen and oxygen atoms in total. The van der Waals surface area contributed by atoms with Gasteiger partial charge in [-0.15, -0.1) is 0 Å². The maximum Gasteiger partial charge on any atom is 0.431 e. The molecule has 2 fully saturated rings. The maximum atomic E-state index is 13.0. The number of rotatable bonds is 3. The zero-order valence-electron chi connectivity index (χ0n) is 16.1. The van der Waals surface area contributed by atoms with E-state index in [1.54, 1.807) is 18.3 Å². The van der Waals surface area contributed by atoms with E-state index in [-0.39, 0.29) is 0 Å². The second-order valence-corrected chi connectivity index (χ2v) is 8.31. The summed E-state index contributed by atoms with van der Waals surface area (Å²) in [4.78, 5) is 9.31. The van der Waals surface area contributed by atoms with E-state index in [4.69, 9.17) is 0 Å². The van der Waals surface area contributed by atoms with Crippen LogP contribution in [0.2, 0.25) is 0 Å². The van der Waals surface area contributed by atoms with Gasteiger partial charge in [0.25, 0.3) is 0 Å². The van der Waals surface area contributed by atoms with Gasteiger partial charge in [-0.2, -0.15) is 13.2 Å². The number of aromatic amines is 1. The summed E-state index contributed by atoms with van der Waals surface area (Å²) in [5.74, 6) is 0. The van der Waals surface area contributed by atoms with Gasteiger partial charge >= 0.3 is 6.18 Å². The van der Waals surface area contributed by atoms with Crippen LogP contribution in [0.25, 0.3) is 22.0 Å². The molecule has 3 atom stereocenters. The van der Waals surface area contributed by atoms with Crippen molar-refractivity contribution in [3.8, 4) is 11.1 Å². The number of pyridine rings is 1. The Hall–Kier alpha value is -2.54. The van der Waals surface area contributed by atoms with Crippen molar-refractivity contribution in [1.82, 2.24) is 14.9 Å². The van der Waals surface area contributed by atoms with E-state index in [0.29, 0.717) is 29.0 Å². The van der Waals surface area contributed by atoms with Crippen LogP contribution in [0.15, 0.2) is 42.7 Å². The van der Waals surface area contributed by atoms with Gasteiger partial charge < -0.3 is 15.2 Å². The molecule has 0 amide bonds. The smallest absolute Gasteiger partial charge is 0.381 e. The van der Waals surface area contributed by atoms with Crippen LogP contribution in [-0.2, 0) is 6.18 Å². The lowest BCUT2D eigenvalue weighted by molar-refractivity contribution is -0.140. The molecular weight excluding hydrogens is 377 g/mol. The number of piperidine rings is 1. The molecule has 29 heavy (non-hydrogen) atoms. The van der Waals surface area contributed by atoms with E-state index in [2.05, 4.69) is 27.2 Å². The van der Waals surface area contributed by atoms with E-state index >= 15 is 0 Å². The number of nitrogens with zero attached hydrogens (tertiary/aromatic N) is 2. The Balaban J connectivity index is 1.38. The first-order valence-corrected chi connectivity index (χ1v) is 10.0. The van der Waals surface area contributed by atoms with Gasteiger partial charge in [-0.1, -0.05) is 6.07 Å². The summed E-state index contributed by atoms with van der Waals surface area (Å²) in [5, 5.41) is 4.17. The van der Waals surface area contributed by atoms with E-state index in [0.717, 1.165) is 35.7 Å². The Morgan fingerprint density at radius 3 is 2.52 bits per heavy atom. The fourth-order valence-electron chi connectivity index (χ4n) is 4.91. The van der Waals surface area contributed by atoms with Crippen molar-refractivity contribution in [2.45, 2.75) is 50.0 Å². The first kappa shape index (κ1) is 18.5. The highest BCUT2D eigenvalue weighted by Gasteiger charge is 2.38. The molecule has 152 valence electrons. The number of halogens is 3. The summed E-state index contributed by atoms with van der Waals surface area (Å²) in [7, 11) is 2.22. The van der Waals surface area contributed by atoms with Crippen molar-refractivity contribution in [2.24, 2.45) is 0 Å². The third-order valence-electron chi connectivity index (χ3n) is 6.47. The van der Waals surface area contributed by atoms with Crippen LogP contribution < -0.4 is 5.32 Å². The fourth-order valence-corrected chi connectivity index (χ4v) is 4.91. The minimum absolute atomic E-state index is 0.433. The molecule has 0 aliphatic carbocycles. The summed E-state index contributed by atoms with van der Waals surface area (Å²) < 4.78 is 38.9. The van der Waals surface area contributed by atoms with Gasteiger partial charge in [-0.05, 0) is 62.6 Å². The average Bonchev–Trinajstić information content (AvgIpc) is 3.19. The van der Waals surface area contributed by atoms with Crippen LogP contribution in [0.4, 0.5) is 18.9 Å². The highest BCUT2D eigenvalue weighted by atomic mass is 19.4. The second kappa shape index (κ2) is 6.76. The molecule has 7 heteroatoms. The highest BCUT2D eigenvalue weighted by molar-refractivity contribution is 5.86. The molecular formula is C22H23F3N4. The van der Waals surface area contributed by atoms with Gasteiger partial charge in [0.2, 0.25) is 0 Å². The molecule has 0 radical (unpaired) electrons. The monoisotopic (exact) mass is 400 g/mol. The Morgan fingerprint density at radius 1 is 1.03 bits per heavy atom. The normalized spacial score (nSPS) is 24.9. The lowest BCUT2D eigenvalue weighted by atomic mass is 9.97. The number of H-pyrrole nitrogens is 1. The Morgan fingerprint density at radius 2 is 1.79 bits per heavy atom. The van der Waals surface area contributed by atoms with E-state index in [1.165, 1.54) is 12.8 Å². The van der Waals surface area contributed by atoms with Gasteiger partial charge in [-0.25, -0.2) is 0 Å². The van der Waals surface area contributed by atoms with Crippen LogP contribution in [0, 0.1) is 0 Å². The molecule has 2 bridgehead atoms. The van der Waals surface area contributed by atoms with Crippen LogP contribution in [-0.4, -0.2) is 40.0 Å². The van der Waals surface area contributed by atoms with Crippen molar-refractivity contribution >= 4 is 16.6 Å². The van der Waals surface area contributed by atoms with Gasteiger partial charge in [0.15, 0.2) is 0 Å². The second-order valence-electron chi connectivity index (χ2n) is 8.31. The molecule has 2 aliphatic rings. The third kappa shape index (κ3) is 3.48. The van der Waals surface area contributed by atoms with Gasteiger partial charge in [-0.3, -0.25) is 4.98 Å². The summed E-state index contributed by atoms with van der Waals surface area (Å²) >= 11 is 0. The zero-order valence-corrected chi connectivity index (χ0v) is 16.1. The summed E-state index contributed by atoms with van der Waals surface area (Å²) in [6.07, 6.45) is 4.00. The topological polar surface area (TPSA) is 44.0 Å². The number of fused-ring (bicyclic) bond motifs is 3. The molecule has 0 spiro atoms. The largest absolute Gasteiger partial charge is 0.431 e. The first-order chi connectivity index (χ1) is 13.9. The van der Waals surface area contributed by atoms with Crippen molar-refractivity contribution in [2.75, 3.05) is 12.4 Å². The SMILES string of the molecule is CN1[C@@H]2CC[C@H]1CC(Nc1cncc(-c3ccc4[nH]c(C(F)(F)F)cc4c3)c1)C2. The summed E-state index contributed by atoms with van der Waals surface area (Å²) in [5.41, 5.74) is 2.45. The van der Waals surface area contributed by atoms with E-state index in [1.807, 2.05) is 18.3 Å². The van der Waals surface area contributed by atoms with Crippen molar-refractivity contribution < 1.29 is 13.2 Å². The van der Waals surface area contributed by atoms with Crippen molar-refractivity contribution in [3.63, 3.8) is 0 Å². The number of nitrogens with one attached hydrogen (secondary N) is 2. The van der Waals surface area contributed by atoms with Crippen LogP contribution in [0.5, 0.6) is 0 Å². The molecule has 2 aromatic heterocycles. The summed E-state index contributed by atoms with van der Waals surface area (Å²) in [6, 6.07) is 10.2. The summed E-state index contributed by atoms with van der Waals surface area (Å²) in [6.45, 7) is 0. The van der Waals surface area contributed by atoms with Gasteiger partial charge in [0.1, 0.15) is 5.69 Å². The fraction of sp³-hybridized carbons (Fsp3) is 0.409. The molecule has 5 rings (SSSR count). The predicted molar refractivity (Wildman–Crippen MR) is 108 cm³/mol. The number of hydrogen-bond donors (Lipinski definition) is 2. The minimum atomic E-state index is -4.38. The molecule has 2 aliphatic heterocycles. The Kier molecular flexibility index (Phi) is 4.31. The predicted octanol–water partition coefficient (Wildman–Crippen LogP) is 5.29. The molecule has 1 aromatic carbocycles. The van der Waals surface area contributed by atoms with Crippen LogP contribution in [0.3, 0.4) is 0 Å². The van der Waals surface area contributed by atoms with Crippen molar-refractivity contribution in [1.29, 1.82) is 0 Å². The lowest BCUT2D eigenvalue weighted by Gasteiger charge is -2.37. The number of benzene rings is 1. The number of anilines is 1. The van der Waals surface area contributed by atoms with Crippen LogP contribution in [0.1, 0.15) is 31.4 Å². The highest BCUT2D eigenvalue weighted by Crippen LogP contribution is 2.36. The van der Waals surface area contributed by atoms with E-state index < -0.39 is 11.9 Å². The third-order valence-corrected chi connectivity index (χ3v) is 6.47. The zero-order chi connectivity index (χ0) is 20.2. The molecule has 2 N–H and O–H groups in total. The van der Waals surface area contributed by atoms with Crippen molar-refractivity contribution in [3.05, 3.63) is 48.4 Å². The number of hydrogen-bond acceptors (Lipinski definition) is 3. The molecule has 2 saturated heterocycles. The maximum absolute atomic E-state index is 13.0. The lowest BCUT2D eigenvalue weighted by Crippen LogP contribution is -2.44. The first-order valence-electron chi connectivity index (χ1n) is 10.0.